The Hall–Kier alpha value is -0.810. The molecule has 1 fully saturated rings. The average molecular weight is 267 g/mol. The summed E-state index contributed by atoms with van der Waals surface area (Å²) in [5, 5.41) is 22.5. The number of rotatable bonds is 4. The number of thioether (sulfide) groups is 1. The van der Waals surface area contributed by atoms with Gasteiger partial charge in [0.05, 0.1) is 6.10 Å². The lowest BCUT2D eigenvalue weighted by Gasteiger charge is -2.38. The van der Waals surface area contributed by atoms with Gasteiger partial charge in [-0.25, -0.2) is 0 Å². The van der Waals surface area contributed by atoms with E-state index in [2.05, 4.69) is 22.4 Å². The molecule has 0 amide bonds. The Morgan fingerprint density at radius 2 is 2.28 bits per heavy atom. The van der Waals surface area contributed by atoms with Crippen LogP contribution in [0.25, 0.3) is 0 Å². The Labute approximate surface area is 113 Å². The fraction of sp³-hybridized carbons (Fsp3) is 0.692. The van der Waals surface area contributed by atoms with E-state index in [-0.39, 0.29) is 11.5 Å². The van der Waals surface area contributed by atoms with Crippen LogP contribution in [0.2, 0.25) is 0 Å². The molecule has 1 aromatic heterocycles. The van der Waals surface area contributed by atoms with Gasteiger partial charge < -0.3 is 10.4 Å². The monoisotopic (exact) mass is 267 g/mol. The fourth-order valence-electron chi connectivity index (χ4n) is 2.40. The lowest BCUT2D eigenvalue weighted by atomic mass is 9.73. The van der Waals surface area contributed by atoms with Crippen LogP contribution in [0, 0.1) is 5.41 Å². The van der Waals surface area contributed by atoms with Crippen LogP contribution in [-0.4, -0.2) is 34.2 Å². The second kappa shape index (κ2) is 5.89. The maximum atomic E-state index is 10.1. The van der Waals surface area contributed by atoms with Crippen molar-refractivity contribution >= 4 is 17.6 Å². The Balaban J connectivity index is 1.93. The minimum Gasteiger partial charge on any atom is -0.392 e. The molecule has 2 N–H and O–H groups in total. The minimum absolute atomic E-state index is 0.0435. The van der Waals surface area contributed by atoms with Gasteiger partial charge in [-0.05, 0) is 31.2 Å². The van der Waals surface area contributed by atoms with Crippen molar-refractivity contribution < 1.29 is 5.11 Å². The van der Waals surface area contributed by atoms with Crippen LogP contribution in [-0.2, 0) is 0 Å². The molecule has 1 saturated carbocycles. The highest BCUT2D eigenvalue weighted by molar-refractivity contribution is 7.98. The molecular weight excluding hydrogens is 246 g/mol. The van der Waals surface area contributed by atoms with Crippen molar-refractivity contribution in [2.24, 2.45) is 5.41 Å². The molecule has 18 heavy (non-hydrogen) atoms. The summed E-state index contributed by atoms with van der Waals surface area (Å²) in [5.41, 5.74) is -0.0435. The molecule has 100 valence electrons. The average Bonchev–Trinajstić information content (AvgIpc) is 2.41. The normalized spacial score (nSPS) is 28.1. The van der Waals surface area contributed by atoms with Gasteiger partial charge in [0, 0.05) is 12.0 Å². The van der Waals surface area contributed by atoms with Crippen LogP contribution in [0.3, 0.4) is 0 Å². The van der Waals surface area contributed by atoms with Crippen molar-refractivity contribution in [2.45, 2.75) is 43.7 Å². The zero-order valence-electron chi connectivity index (χ0n) is 11.0. The molecule has 1 aliphatic rings. The first-order valence-corrected chi connectivity index (χ1v) is 7.66. The van der Waals surface area contributed by atoms with Crippen molar-refractivity contribution in [3.63, 3.8) is 0 Å². The molecule has 2 rings (SSSR count). The number of aliphatic hydroxyl groups is 1. The highest BCUT2D eigenvalue weighted by Gasteiger charge is 2.35. The molecule has 0 saturated heterocycles. The van der Waals surface area contributed by atoms with Gasteiger partial charge in [0.1, 0.15) is 10.8 Å². The number of aliphatic hydroxyl groups excluding tert-OH is 1. The van der Waals surface area contributed by atoms with Gasteiger partial charge in [-0.1, -0.05) is 19.8 Å². The van der Waals surface area contributed by atoms with E-state index >= 15 is 0 Å². The van der Waals surface area contributed by atoms with Crippen molar-refractivity contribution in [1.29, 1.82) is 0 Å². The van der Waals surface area contributed by atoms with Crippen molar-refractivity contribution in [3.05, 3.63) is 12.1 Å². The van der Waals surface area contributed by atoms with Gasteiger partial charge in [0.25, 0.3) is 0 Å². The third kappa shape index (κ3) is 3.14. The third-order valence-electron chi connectivity index (χ3n) is 3.80. The van der Waals surface area contributed by atoms with Crippen LogP contribution < -0.4 is 5.32 Å². The molecule has 5 heteroatoms. The molecule has 4 nitrogen and oxygen atoms in total. The lowest BCUT2D eigenvalue weighted by Crippen LogP contribution is -2.41. The summed E-state index contributed by atoms with van der Waals surface area (Å²) in [4.78, 5) is 0. The molecular formula is C13H21N3OS. The molecule has 2 unspecified atom stereocenters. The van der Waals surface area contributed by atoms with Gasteiger partial charge in [0.15, 0.2) is 0 Å². The van der Waals surface area contributed by atoms with E-state index in [9.17, 15) is 5.11 Å². The quantitative estimate of drug-likeness (QED) is 0.821. The summed E-state index contributed by atoms with van der Waals surface area (Å²) < 4.78 is 0. The molecule has 1 heterocycles. The highest BCUT2D eigenvalue weighted by atomic mass is 32.2. The van der Waals surface area contributed by atoms with E-state index < -0.39 is 0 Å². The Morgan fingerprint density at radius 1 is 1.44 bits per heavy atom. The van der Waals surface area contributed by atoms with Gasteiger partial charge in [0.2, 0.25) is 0 Å². The summed E-state index contributed by atoms with van der Waals surface area (Å²) in [6, 6.07) is 3.90. The third-order valence-corrected chi connectivity index (χ3v) is 4.44. The maximum Gasteiger partial charge on any atom is 0.148 e. The number of hydrogen-bond donors (Lipinski definition) is 2. The Morgan fingerprint density at radius 3 is 2.89 bits per heavy atom. The summed E-state index contributed by atoms with van der Waals surface area (Å²) in [5.74, 6) is 0.784. The fourth-order valence-corrected chi connectivity index (χ4v) is 2.73. The van der Waals surface area contributed by atoms with Crippen LogP contribution in [0.15, 0.2) is 17.2 Å². The second-order valence-corrected chi connectivity index (χ2v) is 6.06. The number of nitrogens with zero attached hydrogens (tertiary/aromatic N) is 2. The van der Waals surface area contributed by atoms with Gasteiger partial charge >= 0.3 is 0 Å². The first-order chi connectivity index (χ1) is 8.64. The van der Waals surface area contributed by atoms with E-state index in [0.717, 1.165) is 36.7 Å². The molecule has 0 bridgehead atoms. The summed E-state index contributed by atoms with van der Waals surface area (Å²) in [6.45, 7) is 2.90. The number of aromatic nitrogens is 2. The van der Waals surface area contributed by atoms with E-state index in [1.54, 1.807) is 11.8 Å². The summed E-state index contributed by atoms with van der Waals surface area (Å²) >= 11 is 1.58. The topological polar surface area (TPSA) is 58.0 Å². The number of nitrogens with one attached hydrogen (secondary N) is 1. The number of anilines is 1. The van der Waals surface area contributed by atoms with Crippen LogP contribution in [0.5, 0.6) is 0 Å². The Kier molecular flexibility index (Phi) is 4.45. The molecule has 1 aromatic rings. The van der Waals surface area contributed by atoms with Gasteiger partial charge in [-0.15, -0.1) is 22.0 Å². The first-order valence-electron chi connectivity index (χ1n) is 6.44. The lowest BCUT2D eigenvalue weighted by molar-refractivity contribution is 0.00957. The Bertz CT molecular complexity index is 384. The second-order valence-electron chi connectivity index (χ2n) is 5.23. The largest absolute Gasteiger partial charge is 0.392 e. The summed E-state index contributed by atoms with van der Waals surface area (Å²) in [7, 11) is 0. The van der Waals surface area contributed by atoms with E-state index in [4.69, 9.17) is 0 Å². The van der Waals surface area contributed by atoms with Crippen LogP contribution in [0.1, 0.15) is 32.6 Å². The number of hydrogen-bond acceptors (Lipinski definition) is 5. The van der Waals surface area contributed by atoms with Crippen molar-refractivity contribution in [3.8, 4) is 0 Å². The standard InChI is InChI=1S/C13H21N3OS/c1-13(8-4-3-5-10(13)17)9-14-11-6-7-12(18-2)16-15-11/h6-7,10,17H,3-5,8-9H2,1-2H3,(H,14,15). The summed E-state index contributed by atoms with van der Waals surface area (Å²) in [6.07, 6.45) is 6.09. The minimum atomic E-state index is -0.211. The molecule has 0 spiro atoms. The zero-order valence-corrected chi connectivity index (χ0v) is 11.8. The molecule has 0 aliphatic heterocycles. The molecule has 2 atom stereocenters. The SMILES string of the molecule is CSc1ccc(NCC2(C)CCCCC2O)nn1. The van der Waals surface area contributed by atoms with E-state index in [0.29, 0.717) is 0 Å². The molecule has 0 aromatic carbocycles. The van der Waals surface area contributed by atoms with E-state index in [1.165, 1.54) is 6.42 Å². The van der Waals surface area contributed by atoms with Gasteiger partial charge in [-0.3, -0.25) is 0 Å². The molecule has 1 aliphatic carbocycles. The van der Waals surface area contributed by atoms with Crippen LogP contribution in [0.4, 0.5) is 5.82 Å². The van der Waals surface area contributed by atoms with Gasteiger partial charge in [-0.2, -0.15) is 0 Å². The first kappa shape index (κ1) is 13.6. The zero-order chi connectivity index (χ0) is 13.0. The smallest absolute Gasteiger partial charge is 0.148 e. The van der Waals surface area contributed by atoms with Crippen molar-refractivity contribution in [1.82, 2.24) is 10.2 Å². The predicted octanol–water partition coefficient (Wildman–Crippen LogP) is 2.55. The predicted molar refractivity (Wildman–Crippen MR) is 74.9 cm³/mol. The van der Waals surface area contributed by atoms with Crippen LogP contribution >= 0.6 is 11.8 Å². The molecule has 0 radical (unpaired) electrons. The van der Waals surface area contributed by atoms with Crippen molar-refractivity contribution in [2.75, 3.05) is 18.1 Å². The van der Waals surface area contributed by atoms with E-state index in [1.807, 2.05) is 18.4 Å². The highest BCUT2D eigenvalue weighted by Crippen LogP contribution is 2.36. The maximum absolute atomic E-state index is 10.1.